The number of fused-ring (bicyclic) bond motifs is 1. The van der Waals surface area contributed by atoms with Gasteiger partial charge in [0.1, 0.15) is 5.82 Å². The van der Waals surface area contributed by atoms with Crippen LogP contribution in [0.15, 0.2) is 45.1 Å². The first-order valence-corrected chi connectivity index (χ1v) is 8.78. The van der Waals surface area contributed by atoms with Gasteiger partial charge in [-0.15, -0.1) is 0 Å². The lowest BCUT2D eigenvalue weighted by molar-refractivity contribution is -0.118. The van der Waals surface area contributed by atoms with Crippen molar-refractivity contribution >= 4 is 23.2 Å². The maximum Gasteiger partial charge on any atom is 0.327 e. The second-order valence-corrected chi connectivity index (χ2v) is 8.08. The molecule has 2 aliphatic rings. The number of benzene rings is 1. The molecule has 0 radical (unpaired) electrons. The van der Waals surface area contributed by atoms with Crippen molar-refractivity contribution in [1.82, 2.24) is 9.97 Å². The molecule has 3 N–H and O–H groups in total. The third-order valence-electron chi connectivity index (χ3n) is 4.96. The molecule has 4 rings (SSSR count). The first-order valence-electron chi connectivity index (χ1n) is 8.40. The minimum atomic E-state index is -0.582. The van der Waals surface area contributed by atoms with Crippen LogP contribution in [-0.2, 0) is 4.79 Å². The first kappa shape index (κ1) is 16.8. The highest BCUT2D eigenvalue weighted by Crippen LogP contribution is 2.47. The van der Waals surface area contributed by atoms with Gasteiger partial charge >= 0.3 is 5.69 Å². The van der Waals surface area contributed by atoms with Crippen molar-refractivity contribution < 1.29 is 4.79 Å². The van der Waals surface area contributed by atoms with Gasteiger partial charge in [0, 0.05) is 28.6 Å². The van der Waals surface area contributed by atoms with Crippen LogP contribution in [0.2, 0.25) is 5.02 Å². The third kappa shape index (κ3) is 2.70. The van der Waals surface area contributed by atoms with Crippen LogP contribution in [0.4, 0.5) is 5.82 Å². The van der Waals surface area contributed by atoms with Gasteiger partial charge in [-0.05, 0) is 29.5 Å². The summed E-state index contributed by atoms with van der Waals surface area (Å²) in [5.74, 6) is -0.175. The lowest BCUT2D eigenvalue weighted by atomic mass is 9.69. The Kier molecular flexibility index (Phi) is 3.70. The molecule has 7 heteroatoms. The van der Waals surface area contributed by atoms with E-state index in [0.717, 1.165) is 11.3 Å². The van der Waals surface area contributed by atoms with E-state index in [2.05, 4.69) is 15.3 Å². The summed E-state index contributed by atoms with van der Waals surface area (Å²) in [6.07, 6.45) is 1.07. The minimum absolute atomic E-state index is 0.0138. The summed E-state index contributed by atoms with van der Waals surface area (Å²) >= 11 is 6.00. The van der Waals surface area contributed by atoms with Crippen molar-refractivity contribution in [3.05, 3.63) is 72.5 Å². The Morgan fingerprint density at radius 1 is 1.04 bits per heavy atom. The minimum Gasteiger partial charge on any atom is -0.344 e. The molecule has 2 aromatic rings. The van der Waals surface area contributed by atoms with Crippen LogP contribution in [-0.4, -0.2) is 15.8 Å². The fourth-order valence-electron chi connectivity index (χ4n) is 3.94. The molecule has 6 nitrogen and oxygen atoms in total. The van der Waals surface area contributed by atoms with Crippen LogP contribution in [0.25, 0.3) is 0 Å². The van der Waals surface area contributed by atoms with Gasteiger partial charge in [0.05, 0.1) is 5.56 Å². The smallest absolute Gasteiger partial charge is 0.327 e. The van der Waals surface area contributed by atoms with Gasteiger partial charge in [0.25, 0.3) is 5.56 Å². The van der Waals surface area contributed by atoms with Crippen molar-refractivity contribution in [2.24, 2.45) is 5.41 Å². The maximum absolute atomic E-state index is 13.0. The van der Waals surface area contributed by atoms with Crippen molar-refractivity contribution in [3.63, 3.8) is 0 Å². The second-order valence-electron chi connectivity index (χ2n) is 7.64. The number of carbonyl (C=O) groups excluding carboxylic acids is 1. The van der Waals surface area contributed by atoms with Gasteiger partial charge in [-0.2, -0.15) is 0 Å². The van der Waals surface area contributed by atoms with E-state index < -0.39 is 17.2 Å². The molecule has 0 bridgehead atoms. The molecule has 0 spiro atoms. The highest BCUT2D eigenvalue weighted by Gasteiger charge is 2.42. The molecule has 0 amide bonds. The number of rotatable bonds is 1. The fraction of sp³-hybridized carbons (Fsp3) is 0.316. The largest absolute Gasteiger partial charge is 0.344 e. The Balaban J connectivity index is 2.00. The number of aromatic amines is 2. The number of carbonyl (C=O) groups is 1. The van der Waals surface area contributed by atoms with Gasteiger partial charge < -0.3 is 5.32 Å². The van der Waals surface area contributed by atoms with E-state index in [9.17, 15) is 14.4 Å². The van der Waals surface area contributed by atoms with Crippen LogP contribution in [0.3, 0.4) is 0 Å². The van der Waals surface area contributed by atoms with E-state index in [1.807, 2.05) is 26.0 Å². The standard InChI is InChI=1S/C19H18ClN3O3/c1-19(2)7-11-14(12(24)8-19)13(9-3-5-10(20)6-4-9)15-16(21-11)22-18(26)23-17(15)25/h3-6,13H,7-8H2,1-2H3,(H3,21,22,23,25,26). The number of H-pyrrole nitrogens is 2. The number of aromatic nitrogens is 2. The molecule has 1 aliphatic carbocycles. The molecule has 0 saturated carbocycles. The molecule has 0 fully saturated rings. The predicted octanol–water partition coefficient (Wildman–Crippen LogP) is 2.92. The Hall–Kier alpha value is -2.60. The Morgan fingerprint density at radius 3 is 2.42 bits per heavy atom. The second kappa shape index (κ2) is 5.71. The van der Waals surface area contributed by atoms with Crippen molar-refractivity contribution in [3.8, 4) is 0 Å². The average molecular weight is 372 g/mol. The third-order valence-corrected chi connectivity index (χ3v) is 5.21. The van der Waals surface area contributed by atoms with E-state index in [4.69, 9.17) is 11.6 Å². The normalized spacial score (nSPS) is 21.0. The summed E-state index contributed by atoms with van der Waals surface area (Å²) in [7, 11) is 0. The Morgan fingerprint density at radius 2 is 1.73 bits per heavy atom. The molecule has 1 atom stereocenters. The van der Waals surface area contributed by atoms with Gasteiger partial charge in [-0.3, -0.25) is 19.6 Å². The van der Waals surface area contributed by atoms with E-state index in [1.54, 1.807) is 12.1 Å². The number of ketones is 1. The number of hydrogen-bond donors (Lipinski definition) is 3. The summed E-state index contributed by atoms with van der Waals surface area (Å²) in [4.78, 5) is 42.2. The number of halogens is 1. The van der Waals surface area contributed by atoms with Crippen LogP contribution in [0, 0.1) is 5.41 Å². The summed E-state index contributed by atoms with van der Waals surface area (Å²) in [6, 6.07) is 7.08. The SMILES string of the molecule is CC1(C)CC(=O)C2=C(C1)Nc1[nH]c(=O)[nH]c(=O)c1C2c1ccc(Cl)cc1. The molecule has 2 heterocycles. The van der Waals surface area contributed by atoms with E-state index in [0.29, 0.717) is 34.8 Å². The van der Waals surface area contributed by atoms with E-state index in [-0.39, 0.29) is 11.2 Å². The maximum atomic E-state index is 13.0. The fourth-order valence-corrected chi connectivity index (χ4v) is 4.06. The Labute approximate surface area is 154 Å². The zero-order chi connectivity index (χ0) is 18.6. The molecule has 1 aliphatic heterocycles. The summed E-state index contributed by atoms with van der Waals surface area (Å²) in [6.45, 7) is 4.06. The van der Waals surface area contributed by atoms with Crippen molar-refractivity contribution in [2.45, 2.75) is 32.6 Å². The number of Topliss-reactive ketones (excluding diaryl/α,β-unsaturated/α-hetero) is 1. The van der Waals surface area contributed by atoms with E-state index in [1.165, 1.54) is 0 Å². The quantitative estimate of drug-likeness (QED) is 0.718. The average Bonchev–Trinajstić information content (AvgIpc) is 2.52. The van der Waals surface area contributed by atoms with Crippen LogP contribution < -0.4 is 16.6 Å². The molecule has 26 heavy (non-hydrogen) atoms. The lowest BCUT2D eigenvalue weighted by Gasteiger charge is -2.38. The summed E-state index contributed by atoms with van der Waals surface area (Å²) in [5.41, 5.74) is 1.22. The van der Waals surface area contributed by atoms with E-state index >= 15 is 0 Å². The van der Waals surface area contributed by atoms with Crippen LogP contribution in [0.1, 0.15) is 43.7 Å². The highest BCUT2D eigenvalue weighted by atomic mass is 35.5. The molecule has 0 saturated heterocycles. The molecule has 1 unspecified atom stereocenters. The number of anilines is 1. The highest BCUT2D eigenvalue weighted by molar-refractivity contribution is 6.30. The van der Waals surface area contributed by atoms with Crippen LogP contribution in [0.5, 0.6) is 0 Å². The monoisotopic (exact) mass is 371 g/mol. The molecular weight excluding hydrogens is 354 g/mol. The number of allylic oxidation sites excluding steroid dienone is 2. The number of nitrogens with one attached hydrogen (secondary N) is 3. The summed E-state index contributed by atoms with van der Waals surface area (Å²) in [5, 5.41) is 3.71. The zero-order valence-corrected chi connectivity index (χ0v) is 15.2. The lowest BCUT2D eigenvalue weighted by Crippen LogP contribution is -2.38. The first-order chi connectivity index (χ1) is 12.2. The van der Waals surface area contributed by atoms with Crippen molar-refractivity contribution in [2.75, 3.05) is 5.32 Å². The molecule has 1 aromatic heterocycles. The van der Waals surface area contributed by atoms with Crippen LogP contribution >= 0.6 is 11.6 Å². The zero-order valence-electron chi connectivity index (χ0n) is 14.4. The van der Waals surface area contributed by atoms with Gasteiger partial charge in [0.2, 0.25) is 0 Å². The van der Waals surface area contributed by atoms with Gasteiger partial charge in [0.15, 0.2) is 5.78 Å². The van der Waals surface area contributed by atoms with Crippen molar-refractivity contribution in [1.29, 1.82) is 0 Å². The Bertz CT molecular complexity index is 1060. The summed E-state index contributed by atoms with van der Waals surface area (Å²) < 4.78 is 0. The van der Waals surface area contributed by atoms with Gasteiger partial charge in [-0.25, -0.2) is 4.79 Å². The van der Waals surface area contributed by atoms with Gasteiger partial charge in [-0.1, -0.05) is 37.6 Å². The molecular formula is C19H18ClN3O3. The molecule has 1 aromatic carbocycles. The topological polar surface area (TPSA) is 94.8 Å². The molecule has 134 valence electrons. The number of hydrogen-bond acceptors (Lipinski definition) is 4. The predicted molar refractivity (Wildman–Crippen MR) is 99.6 cm³/mol.